The fraction of sp³-hybridized carbons (Fsp3) is 0.107. The van der Waals surface area contributed by atoms with Crippen LogP contribution in [-0.4, -0.2) is 0 Å². The van der Waals surface area contributed by atoms with Crippen LogP contribution in [0.25, 0.3) is 43.8 Å². The lowest BCUT2D eigenvalue weighted by Crippen LogP contribution is -2.29. The molecule has 9 aromatic carbocycles. The lowest BCUT2D eigenvalue weighted by Gasteiger charge is -2.36. The highest BCUT2D eigenvalue weighted by molar-refractivity contribution is 6.09. The number of rotatable bonds is 5. The molecular formula is C56H41N. The normalized spacial score (nSPS) is 15.4. The van der Waals surface area contributed by atoms with Crippen LogP contribution in [0.5, 0.6) is 0 Å². The molecule has 0 aliphatic heterocycles. The maximum atomic E-state index is 2.61. The van der Waals surface area contributed by atoms with Crippen LogP contribution < -0.4 is 4.90 Å². The molecule has 1 saturated carbocycles. The summed E-state index contributed by atoms with van der Waals surface area (Å²) in [7, 11) is 0. The molecule has 1 spiro atoms. The molecule has 270 valence electrons. The molecule has 3 aliphatic rings. The van der Waals surface area contributed by atoms with Crippen LogP contribution in [-0.2, 0) is 10.8 Å². The van der Waals surface area contributed by atoms with E-state index in [-0.39, 0.29) is 5.41 Å². The van der Waals surface area contributed by atoms with Gasteiger partial charge in [0.05, 0.1) is 11.1 Å². The van der Waals surface area contributed by atoms with Gasteiger partial charge in [0.15, 0.2) is 0 Å². The first-order chi connectivity index (χ1) is 28.3. The minimum atomic E-state index is -0.489. The van der Waals surface area contributed by atoms with Gasteiger partial charge in [0, 0.05) is 16.8 Å². The van der Waals surface area contributed by atoms with Crippen LogP contribution in [0.1, 0.15) is 59.1 Å². The van der Waals surface area contributed by atoms with E-state index in [2.05, 4.69) is 205 Å². The molecule has 1 heteroatoms. The third-order valence-electron chi connectivity index (χ3n) is 13.6. The molecule has 0 N–H and O–H groups in total. The van der Waals surface area contributed by atoms with Crippen LogP contribution >= 0.6 is 0 Å². The molecule has 1 nitrogen and oxygen atoms in total. The molecular weight excluding hydrogens is 687 g/mol. The molecule has 12 rings (SSSR count). The van der Waals surface area contributed by atoms with E-state index in [9.17, 15) is 0 Å². The summed E-state index contributed by atoms with van der Waals surface area (Å²) in [5.74, 6) is 0. The minimum absolute atomic E-state index is 0.00485. The quantitative estimate of drug-likeness (QED) is 0.160. The van der Waals surface area contributed by atoms with Gasteiger partial charge in [-0.05, 0) is 120 Å². The lowest BCUT2D eigenvalue weighted by molar-refractivity contribution is 0.550. The Kier molecular flexibility index (Phi) is 7.08. The van der Waals surface area contributed by atoms with E-state index in [0.29, 0.717) is 0 Å². The molecule has 0 bridgehead atoms. The zero-order valence-corrected chi connectivity index (χ0v) is 31.8. The van der Waals surface area contributed by atoms with Crippen molar-refractivity contribution in [3.8, 4) is 22.3 Å². The van der Waals surface area contributed by atoms with Crippen molar-refractivity contribution in [3.63, 3.8) is 0 Å². The summed E-state index contributed by atoms with van der Waals surface area (Å²) < 4.78 is 0. The minimum Gasteiger partial charge on any atom is -0.310 e. The average Bonchev–Trinajstić information content (AvgIpc) is 3.97. The van der Waals surface area contributed by atoms with Gasteiger partial charge in [0.2, 0.25) is 0 Å². The predicted molar refractivity (Wildman–Crippen MR) is 238 cm³/mol. The fourth-order valence-corrected chi connectivity index (χ4v) is 11.3. The number of benzene rings is 9. The Bertz CT molecular complexity index is 2980. The van der Waals surface area contributed by atoms with Gasteiger partial charge >= 0.3 is 0 Å². The molecule has 0 radical (unpaired) electrons. The van der Waals surface area contributed by atoms with Gasteiger partial charge in [0.25, 0.3) is 0 Å². The van der Waals surface area contributed by atoms with Crippen molar-refractivity contribution in [1.82, 2.24) is 0 Å². The van der Waals surface area contributed by atoms with Crippen molar-refractivity contribution in [1.29, 1.82) is 0 Å². The molecule has 0 heterocycles. The molecule has 57 heavy (non-hydrogen) atoms. The maximum Gasteiger partial charge on any atom is 0.0714 e. The Morgan fingerprint density at radius 1 is 0.368 bits per heavy atom. The SMILES string of the molecule is c1ccc(C2(c3ccccc3)c3ccccc3-c3ccc(N(c4ccc5ccc6ccccc6c5c4)c4cccc5c4C4(CCCC4)c4ccccc4-5)cc32)cc1. The second kappa shape index (κ2) is 12.4. The summed E-state index contributed by atoms with van der Waals surface area (Å²) in [5.41, 5.74) is 16.7. The fourth-order valence-electron chi connectivity index (χ4n) is 11.3. The third kappa shape index (κ3) is 4.51. The van der Waals surface area contributed by atoms with E-state index in [1.807, 2.05) is 0 Å². The first kappa shape index (κ1) is 32.5. The van der Waals surface area contributed by atoms with Crippen molar-refractivity contribution < 1.29 is 0 Å². The molecule has 1 fully saturated rings. The second-order valence-electron chi connectivity index (χ2n) is 16.3. The molecule has 0 amide bonds. The van der Waals surface area contributed by atoms with Gasteiger partial charge < -0.3 is 4.90 Å². The van der Waals surface area contributed by atoms with Gasteiger partial charge in [0.1, 0.15) is 0 Å². The smallest absolute Gasteiger partial charge is 0.0714 e. The summed E-state index contributed by atoms with van der Waals surface area (Å²) in [6.07, 6.45) is 4.85. The van der Waals surface area contributed by atoms with Crippen LogP contribution in [0.15, 0.2) is 200 Å². The third-order valence-corrected chi connectivity index (χ3v) is 13.6. The Morgan fingerprint density at radius 3 is 1.67 bits per heavy atom. The van der Waals surface area contributed by atoms with Crippen molar-refractivity contribution in [2.45, 2.75) is 36.5 Å². The number of nitrogens with zero attached hydrogens (tertiary/aromatic N) is 1. The van der Waals surface area contributed by atoms with E-state index in [0.717, 1.165) is 0 Å². The maximum absolute atomic E-state index is 2.61. The van der Waals surface area contributed by atoms with Crippen LogP contribution in [0.4, 0.5) is 17.1 Å². The summed E-state index contributed by atoms with van der Waals surface area (Å²) in [6, 6.07) is 75.6. The Morgan fingerprint density at radius 2 is 0.912 bits per heavy atom. The van der Waals surface area contributed by atoms with Crippen molar-refractivity contribution in [3.05, 3.63) is 234 Å². The number of hydrogen-bond acceptors (Lipinski definition) is 1. The van der Waals surface area contributed by atoms with E-state index in [1.54, 1.807) is 0 Å². The highest BCUT2D eigenvalue weighted by Gasteiger charge is 2.48. The van der Waals surface area contributed by atoms with E-state index >= 15 is 0 Å². The highest BCUT2D eigenvalue weighted by Crippen LogP contribution is 2.62. The topological polar surface area (TPSA) is 3.24 Å². The van der Waals surface area contributed by atoms with Crippen molar-refractivity contribution in [2.75, 3.05) is 4.90 Å². The van der Waals surface area contributed by atoms with Crippen LogP contribution in [0.3, 0.4) is 0 Å². The zero-order valence-electron chi connectivity index (χ0n) is 31.8. The summed E-state index contributed by atoms with van der Waals surface area (Å²) >= 11 is 0. The van der Waals surface area contributed by atoms with Crippen LogP contribution in [0, 0.1) is 0 Å². The number of fused-ring (bicyclic) bond motifs is 11. The van der Waals surface area contributed by atoms with Gasteiger partial charge in [-0.25, -0.2) is 0 Å². The van der Waals surface area contributed by atoms with E-state index in [4.69, 9.17) is 0 Å². The van der Waals surface area contributed by atoms with Gasteiger partial charge in [-0.2, -0.15) is 0 Å². The summed E-state index contributed by atoms with van der Waals surface area (Å²) in [5, 5.41) is 5.08. The molecule has 3 aliphatic carbocycles. The van der Waals surface area contributed by atoms with E-state index in [1.165, 1.54) is 120 Å². The molecule has 9 aromatic rings. The van der Waals surface area contributed by atoms with Crippen molar-refractivity contribution >= 4 is 38.6 Å². The largest absolute Gasteiger partial charge is 0.310 e. The lowest BCUT2D eigenvalue weighted by atomic mass is 9.67. The summed E-state index contributed by atoms with van der Waals surface area (Å²) in [4.78, 5) is 2.61. The Labute approximate surface area is 334 Å². The number of hydrogen-bond donors (Lipinski definition) is 0. The Hall–Kier alpha value is -6.70. The number of anilines is 3. The molecule has 0 atom stereocenters. The molecule has 0 unspecified atom stereocenters. The first-order valence-electron chi connectivity index (χ1n) is 20.6. The first-order valence-corrected chi connectivity index (χ1v) is 20.6. The molecule has 0 saturated heterocycles. The average molecular weight is 728 g/mol. The van der Waals surface area contributed by atoms with Crippen molar-refractivity contribution in [2.24, 2.45) is 0 Å². The molecule has 0 aromatic heterocycles. The highest BCUT2D eigenvalue weighted by atomic mass is 15.1. The standard InChI is InChI=1S/C56H41N/c1-3-17-40(18-4-1)56(41-19-5-2-6-20-41)51-26-12-10-22-45(51)47-33-32-43(37-52(47)56)57(42-31-30-39-29-28-38-16-7-8-21-44(38)49(39)36-42)53-27-15-24-48-46-23-9-11-25-50(46)55(54(48)53)34-13-14-35-55/h1-12,15-33,36-37H,13-14,34-35H2. The predicted octanol–water partition coefficient (Wildman–Crippen LogP) is 14.7. The monoisotopic (exact) mass is 727 g/mol. The van der Waals surface area contributed by atoms with Gasteiger partial charge in [-0.3, -0.25) is 0 Å². The van der Waals surface area contributed by atoms with Gasteiger partial charge in [-0.15, -0.1) is 0 Å². The summed E-state index contributed by atoms with van der Waals surface area (Å²) in [6.45, 7) is 0. The van der Waals surface area contributed by atoms with Gasteiger partial charge in [-0.1, -0.05) is 183 Å². The second-order valence-corrected chi connectivity index (χ2v) is 16.3. The van der Waals surface area contributed by atoms with Crippen LogP contribution in [0.2, 0.25) is 0 Å². The Balaban J connectivity index is 1.18. The van der Waals surface area contributed by atoms with E-state index < -0.39 is 5.41 Å². The zero-order chi connectivity index (χ0) is 37.6.